The summed E-state index contributed by atoms with van der Waals surface area (Å²) in [7, 11) is 0. The van der Waals surface area contributed by atoms with Crippen LogP contribution < -0.4 is 0 Å². The Labute approximate surface area is 242 Å². The first-order valence-corrected chi connectivity index (χ1v) is 14.4. The summed E-state index contributed by atoms with van der Waals surface area (Å²) in [5.74, 6) is 0. The van der Waals surface area contributed by atoms with E-state index in [2.05, 4.69) is 0 Å². The van der Waals surface area contributed by atoms with Crippen LogP contribution in [0.2, 0.25) is 0 Å². The molecule has 1 saturated heterocycles. The van der Waals surface area contributed by atoms with Crippen LogP contribution in [0.25, 0.3) is 0 Å². The minimum atomic E-state index is -1.01. The Bertz CT molecular complexity index is 918. The maximum Gasteiger partial charge on any atom is 0.157 e. The summed E-state index contributed by atoms with van der Waals surface area (Å²) in [6.07, 6.45) is -3.25. The van der Waals surface area contributed by atoms with Crippen LogP contribution in [0.5, 0.6) is 0 Å². The van der Waals surface area contributed by atoms with E-state index in [1.165, 1.54) is 0 Å². The molecule has 0 saturated carbocycles. The van der Waals surface area contributed by atoms with Crippen molar-refractivity contribution in [2.45, 2.75) is 101 Å². The molecular weight excluding hydrogens is 532 g/mol. The van der Waals surface area contributed by atoms with Crippen molar-refractivity contribution in [3.8, 4) is 0 Å². The zero-order valence-electron chi connectivity index (χ0n) is 23.6. The number of ether oxygens (including phenoxy) is 5. The predicted octanol–water partition coefficient (Wildman–Crippen LogP) is 2.63. The standard InChI is InChI=1S/C31H46O10/c32-12-11-28(39-21-37-19-23-7-3-1-4-8-23)15-26(34)13-25(33)14-27(35)16-30-17-29(18-31(36)41-30)40-22-38-20-24-9-5-2-6-10-24/h1-10,25-36H,11-22H2/t25?,26-,27?,28+,29+,30+,31?/m1/s1. The van der Waals surface area contributed by atoms with E-state index in [0.717, 1.165) is 11.1 Å². The second-order valence-electron chi connectivity index (χ2n) is 10.6. The summed E-state index contributed by atoms with van der Waals surface area (Å²) < 4.78 is 28.1. The zero-order chi connectivity index (χ0) is 29.3. The minimum Gasteiger partial charge on any atom is -0.396 e. The predicted molar refractivity (Wildman–Crippen MR) is 150 cm³/mol. The molecule has 230 valence electrons. The summed E-state index contributed by atoms with van der Waals surface area (Å²) >= 11 is 0. The van der Waals surface area contributed by atoms with Gasteiger partial charge in [-0.25, -0.2) is 0 Å². The van der Waals surface area contributed by atoms with E-state index in [-0.39, 0.29) is 52.0 Å². The van der Waals surface area contributed by atoms with Gasteiger partial charge in [-0.3, -0.25) is 0 Å². The largest absolute Gasteiger partial charge is 0.396 e. The van der Waals surface area contributed by atoms with Crippen molar-refractivity contribution in [3.63, 3.8) is 0 Å². The lowest BCUT2D eigenvalue weighted by Crippen LogP contribution is -2.39. The molecule has 10 heteroatoms. The lowest BCUT2D eigenvalue weighted by molar-refractivity contribution is -0.218. The highest BCUT2D eigenvalue weighted by Gasteiger charge is 2.31. The lowest BCUT2D eigenvalue weighted by Gasteiger charge is -2.34. The molecule has 0 bridgehead atoms. The summed E-state index contributed by atoms with van der Waals surface area (Å²) in [5, 5.41) is 51.0. The van der Waals surface area contributed by atoms with Gasteiger partial charge in [-0.15, -0.1) is 0 Å². The van der Waals surface area contributed by atoms with Gasteiger partial charge in [0.15, 0.2) is 6.29 Å². The fourth-order valence-corrected chi connectivity index (χ4v) is 4.93. The molecule has 2 aromatic carbocycles. The maximum absolute atomic E-state index is 10.6. The highest BCUT2D eigenvalue weighted by molar-refractivity contribution is 5.14. The highest BCUT2D eigenvalue weighted by Crippen LogP contribution is 2.25. The first-order valence-electron chi connectivity index (χ1n) is 14.4. The molecule has 0 amide bonds. The van der Waals surface area contributed by atoms with E-state index >= 15 is 0 Å². The van der Waals surface area contributed by atoms with Gasteiger partial charge in [0, 0.05) is 19.4 Å². The third-order valence-electron chi connectivity index (χ3n) is 6.95. The van der Waals surface area contributed by atoms with Gasteiger partial charge in [0.05, 0.1) is 49.8 Å². The van der Waals surface area contributed by atoms with Crippen LogP contribution in [0.3, 0.4) is 0 Å². The molecule has 1 aliphatic rings. The molecule has 1 aliphatic heterocycles. The number of aliphatic hydroxyl groups excluding tert-OH is 5. The molecular formula is C31H46O10. The molecule has 2 aromatic rings. The first-order chi connectivity index (χ1) is 19.9. The molecule has 10 nitrogen and oxygen atoms in total. The lowest BCUT2D eigenvalue weighted by atomic mass is 9.95. The van der Waals surface area contributed by atoms with Gasteiger partial charge < -0.3 is 49.2 Å². The van der Waals surface area contributed by atoms with Gasteiger partial charge in [-0.05, 0) is 43.2 Å². The fraction of sp³-hybridized carbons (Fsp3) is 0.613. The van der Waals surface area contributed by atoms with Crippen molar-refractivity contribution >= 4 is 0 Å². The van der Waals surface area contributed by atoms with E-state index in [1.54, 1.807) is 0 Å². The molecule has 1 fully saturated rings. The van der Waals surface area contributed by atoms with Crippen molar-refractivity contribution < 1.29 is 49.2 Å². The molecule has 0 radical (unpaired) electrons. The average Bonchev–Trinajstić information content (AvgIpc) is 2.94. The first kappa shape index (κ1) is 33.5. The van der Waals surface area contributed by atoms with Gasteiger partial charge in [-0.2, -0.15) is 0 Å². The van der Waals surface area contributed by atoms with Gasteiger partial charge >= 0.3 is 0 Å². The Morgan fingerprint density at radius 3 is 1.98 bits per heavy atom. The third kappa shape index (κ3) is 14.2. The van der Waals surface area contributed by atoms with Gasteiger partial charge in [0.1, 0.15) is 13.6 Å². The number of aliphatic hydroxyl groups is 5. The average molecular weight is 579 g/mol. The smallest absolute Gasteiger partial charge is 0.157 e. The number of hydrogen-bond donors (Lipinski definition) is 5. The van der Waals surface area contributed by atoms with Crippen molar-refractivity contribution in [2.75, 3.05) is 20.2 Å². The Morgan fingerprint density at radius 1 is 0.756 bits per heavy atom. The normalized spacial score (nSPS) is 22.2. The van der Waals surface area contributed by atoms with E-state index in [4.69, 9.17) is 23.7 Å². The molecule has 0 spiro atoms. The monoisotopic (exact) mass is 578 g/mol. The van der Waals surface area contributed by atoms with E-state index in [1.807, 2.05) is 60.7 Å². The summed E-state index contributed by atoms with van der Waals surface area (Å²) in [5.41, 5.74) is 2.05. The van der Waals surface area contributed by atoms with Crippen LogP contribution in [0.1, 0.15) is 56.1 Å². The van der Waals surface area contributed by atoms with Crippen molar-refractivity contribution in [1.29, 1.82) is 0 Å². The Balaban J connectivity index is 1.31. The Hall–Kier alpha value is -1.96. The second kappa shape index (κ2) is 19.3. The number of rotatable bonds is 20. The van der Waals surface area contributed by atoms with E-state index < -0.39 is 36.8 Å². The van der Waals surface area contributed by atoms with Gasteiger partial charge in [-0.1, -0.05) is 60.7 Å². The van der Waals surface area contributed by atoms with Crippen molar-refractivity contribution in [3.05, 3.63) is 71.8 Å². The quantitative estimate of drug-likeness (QED) is 0.117. The fourth-order valence-electron chi connectivity index (χ4n) is 4.93. The van der Waals surface area contributed by atoms with Crippen LogP contribution >= 0.6 is 0 Å². The maximum atomic E-state index is 10.6. The van der Waals surface area contributed by atoms with Crippen LogP contribution in [-0.4, -0.2) is 88.6 Å². The van der Waals surface area contributed by atoms with Crippen LogP contribution in [-0.2, 0) is 36.9 Å². The SMILES string of the molecule is OCC[C@@H](C[C@H](O)CC(O)CC(O)C[C@H]1C[C@H](OCOCc2ccccc2)CC(O)O1)OCOCc1ccccc1. The third-order valence-corrected chi connectivity index (χ3v) is 6.95. The summed E-state index contributed by atoms with van der Waals surface area (Å²) in [4.78, 5) is 0. The molecule has 0 aromatic heterocycles. The Kier molecular flexibility index (Phi) is 15.8. The van der Waals surface area contributed by atoms with Crippen molar-refractivity contribution in [2.24, 2.45) is 0 Å². The topological polar surface area (TPSA) is 147 Å². The molecule has 1 heterocycles. The second-order valence-corrected chi connectivity index (χ2v) is 10.6. The van der Waals surface area contributed by atoms with E-state index in [9.17, 15) is 25.5 Å². The zero-order valence-corrected chi connectivity index (χ0v) is 23.6. The molecule has 7 atom stereocenters. The highest BCUT2D eigenvalue weighted by atomic mass is 16.7. The van der Waals surface area contributed by atoms with E-state index in [0.29, 0.717) is 32.5 Å². The molecule has 3 unspecified atom stereocenters. The molecule has 3 rings (SSSR count). The van der Waals surface area contributed by atoms with Crippen molar-refractivity contribution in [1.82, 2.24) is 0 Å². The van der Waals surface area contributed by atoms with Crippen LogP contribution in [0, 0.1) is 0 Å². The minimum absolute atomic E-state index is 0.0185. The number of benzene rings is 2. The number of hydrogen-bond acceptors (Lipinski definition) is 10. The van der Waals surface area contributed by atoms with Gasteiger partial charge in [0.2, 0.25) is 0 Å². The molecule has 5 N–H and O–H groups in total. The Morgan fingerprint density at radius 2 is 1.34 bits per heavy atom. The molecule has 0 aliphatic carbocycles. The summed E-state index contributed by atoms with van der Waals surface area (Å²) in [6, 6.07) is 19.4. The van der Waals surface area contributed by atoms with Crippen LogP contribution in [0.4, 0.5) is 0 Å². The molecule has 41 heavy (non-hydrogen) atoms. The van der Waals surface area contributed by atoms with Crippen LogP contribution in [0.15, 0.2) is 60.7 Å². The summed E-state index contributed by atoms with van der Waals surface area (Å²) in [6.45, 7) is 0.813. The van der Waals surface area contributed by atoms with Gasteiger partial charge in [0.25, 0.3) is 0 Å².